The molecule has 0 spiro atoms. The molecule has 2 aromatic heterocycles. The second kappa shape index (κ2) is 8.94. The van der Waals surface area contributed by atoms with Crippen LogP contribution in [0.5, 0.6) is 0 Å². The number of benzene rings is 1. The fourth-order valence-corrected chi connectivity index (χ4v) is 4.65. The highest BCUT2D eigenvalue weighted by atomic mass is 16.5. The Morgan fingerprint density at radius 3 is 2.64 bits per heavy atom. The molecular formula is C25H28N4O4. The quantitative estimate of drug-likeness (QED) is 0.607. The molecule has 2 aliphatic rings. The van der Waals surface area contributed by atoms with E-state index < -0.39 is 0 Å². The van der Waals surface area contributed by atoms with E-state index in [2.05, 4.69) is 9.97 Å². The van der Waals surface area contributed by atoms with Gasteiger partial charge in [-0.25, -0.2) is 9.97 Å². The van der Waals surface area contributed by atoms with Gasteiger partial charge in [0.25, 0.3) is 11.8 Å². The van der Waals surface area contributed by atoms with Gasteiger partial charge in [0.1, 0.15) is 5.58 Å². The van der Waals surface area contributed by atoms with E-state index in [1.165, 1.54) is 0 Å². The largest absolute Gasteiger partial charge is 0.451 e. The van der Waals surface area contributed by atoms with E-state index in [0.717, 1.165) is 30.2 Å². The van der Waals surface area contributed by atoms with Crippen LogP contribution in [0.3, 0.4) is 0 Å². The van der Waals surface area contributed by atoms with Crippen LogP contribution in [0.15, 0.2) is 34.9 Å². The Kier molecular flexibility index (Phi) is 5.85. The summed E-state index contributed by atoms with van der Waals surface area (Å²) in [5, 5.41) is 0.921. The van der Waals surface area contributed by atoms with Crippen molar-refractivity contribution in [1.82, 2.24) is 19.8 Å². The molecule has 0 bridgehead atoms. The predicted molar refractivity (Wildman–Crippen MR) is 122 cm³/mol. The van der Waals surface area contributed by atoms with Crippen molar-refractivity contribution in [3.8, 4) is 0 Å². The number of hydrogen-bond donors (Lipinski definition) is 0. The van der Waals surface area contributed by atoms with Gasteiger partial charge in [0.05, 0.1) is 30.5 Å². The van der Waals surface area contributed by atoms with Crippen molar-refractivity contribution >= 4 is 22.8 Å². The van der Waals surface area contributed by atoms with Crippen molar-refractivity contribution in [1.29, 1.82) is 0 Å². The molecule has 33 heavy (non-hydrogen) atoms. The van der Waals surface area contributed by atoms with Crippen LogP contribution in [-0.2, 0) is 4.74 Å². The zero-order chi connectivity index (χ0) is 22.9. The van der Waals surface area contributed by atoms with Crippen LogP contribution in [0, 0.1) is 13.8 Å². The van der Waals surface area contributed by atoms with Gasteiger partial charge in [-0.05, 0) is 51.3 Å². The molecule has 0 N–H and O–H groups in total. The molecule has 0 radical (unpaired) electrons. The molecule has 0 aliphatic carbocycles. The molecule has 8 heteroatoms. The number of carbonyl (C=O) groups is 2. The summed E-state index contributed by atoms with van der Waals surface area (Å²) in [4.78, 5) is 39.1. The van der Waals surface area contributed by atoms with Gasteiger partial charge >= 0.3 is 0 Å². The Hall–Kier alpha value is -3.26. The first-order valence-corrected chi connectivity index (χ1v) is 11.5. The lowest BCUT2D eigenvalue weighted by Gasteiger charge is -2.34. The standard InChI is InChI=1S/C25H28N4O4/c1-16-6-7-21-18(13-16)14-22(33-21)25(31)29-8-4-3-5-20(29)23-26-15-19(17(2)27-23)24(30)28-9-11-32-12-10-28/h6-7,13-15,20H,3-5,8-12H2,1-2H3/t20-/m0/s1. The maximum atomic E-state index is 13.4. The number of amides is 2. The van der Waals surface area contributed by atoms with Crippen molar-refractivity contribution in [2.75, 3.05) is 32.8 Å². The minimum absolute atomic E-state index is 0.0727. The minimum Gasteiger partial charge on any atom is -0.451 e. The van der Waals surface area contributed by atoms with Crippen LogP contribution in [0.1, 0.15) is 63.3 Å². The summed E-state index contributed by atoms with van der Waals surface area (Å²) in [5.74, 6) is 0.684. The van der Waals surface area contributed by atoms with Crippen molar-refractivity contribution in [3.63, 3.8) is 0 Å². The van der Waals surface area contributed by atoms with Gasteiger partial charge in [0.15, 0.2) is 11.6 Å². The monoisotopic (exact) mass is 448 g/mol. The van der Waals surface area contributed by atoms with Gasteiger partial charge in [-0.1, -0.05) is 11.6 Å². The van der Waals surface area contributed by atoms with Gasteiger partial charge in [0, 0.05) is 31.2 Å². The first-order valence-electron chi connectivity index (χ1n) is 11.5. The number of piperidine rings is 1. The molecule has 2 aliphatic heterocycles. The number of aryl methyl sites for hydroxylation is 2. The molecule has 2 fully saturated rings. The lowest BCUT2D eigenvalue weighted by molar-refractivity contribution is 0.0301. The average Bonchev–Trinajstić information content (AvgIpc) is 3.27. The van der Waals surface area contributed by atoms with Gasteiger partial charge in [0.2, 0.25) is 0 Å². The van der Waals surface area contributed by atoms with E-state index in [0.29, 0.717) is 61.3 Å². The fraction of sp³-hybridized carbons (Fsp3) is 0.440. The summed E-state index contributed by atoms with van der Waals surface area (Å²) < 4.78 is 11.2. The zero-order valence-electron chi connectivity index (χ0n) is 19.0. The Morgan fingerprint density at radius 2 is 1.85 bits per heavy atom. The summed E-state index contributed by atoms with van der Waals surface area (Å²) in [7, 11) is 0. The number of morpholine rings is 1. The molecule has 4 heterocycles. The normalized spacial score (nSPS) is 19.2. The first kappa shape index (κ1) is 21.6. The summed E-state index contributed by atoms with van der Waals surface area (Å²) in [6, 6.07) is 7.45. The Labute approximate surface area is 192 Å². The smallest absolute Gasteiger partial charge is 0.290 e. The predicted octanol–water partition coefficient (Wildman–Crippen LogP) is 3.68. The number of aromatic nitrogens is 2. The number of furan rings is 1. The van der Waals surface area contributed by atoms with E-state index in [-0.39, 0.29) is 17.9 Å². The van der Waals surface area contributed by atoms with Gasteiger partial charge in [-0.15, -0.1) is 0 Å². The molecule has 0 unspecified atom stereocenters. The number of nitrogens with zero attached hydrogens (tertiary/aromatic N) is 4. The molecule has 5 rings (SSSR count). The lowest BCUT2D eigenvalue weighted by atomic mass is 10.0. The van der Waals surface area contributed by atoms with Crippen LogP contribution in [0.2, 0.25) is 0 Å². The van der Waals surface area contributed by atoms with E-state index in [1.807, 2.05) is 43.0 Å². The van der Waals surface area contributed by atoms with Crippen LogP contribution in [0.25, 0.3) is 11.0 Å². The second-order valence-corrected chi connectivity index (χ2v) is 8.79. The zero-order valence-corrected chi connectivity index (χ0v) is 19.0. The SMILES string of the molecule is Cc1ccc2oc(C(=O)N3CCCC[C@H]3c3ncc(C(=O)N4CCOCC4)c(C)n3)cc2c1. The average molecular weight is 449 g/mol. The summed E-state index contributed by atoms with van der Waals surface area (Å²) >= 11 is 0. The van der Waals surface area contributed by atoms with E-state index in [9.17, 15) is 9.59 Å². The maximum Gasteiger partial charge on any atom is 0.290 e. The van der Waals surface area contributed by atoms with Gasteiger partial charge in [-0.3, -0.25) is 9.59 Å². The third-order valence-corrected chi connectivity index (χ3v) is 6.47. The summed E-state index contributed by atoms with van der Waals surface area (Å²) in [6.07, 6.45) is 4.30. The Balaban J connectivity index is 1.40. The summed E-state index contributed by atoms with van der Waals surface area (Å²) in [6.45, 7) is 6.70. The number of rotatable bonds is 3. The van der Waals surface area contributed by atoms with Crippen LogP contribution >= 0.6 is 0 Å². The van der Waals surface area contributed by atoms with Crippen molar-refractivity contribution in [3.05, 3.63) is 58.9 Å². The van der Waals surface area contributed by atoms with Crippen molar-refractivity contribution in [2.24, 2.45) is 0 Å². The third-order valence-electron chi connectivity index (χ3n) is 6.47. The molecule has 172 valence electrons. The van der Waals surface area contributed by atoms with E-state index in [1.54, 1.807) is 11.1 Å². The fourth-order valence-electron chi connectivity index (χ4n) is 4.65. The molecular weight excluding hydrogens is 420 g/mol. The number of fused-ring (bicyclic) bond motifs is 1. The number of carbonyl (C=O) groups excluding carboxylic acids is 2. The number of ether oxygens (including phenoxy) is 1. The lowest BCUT2D eigenvalue weighted by Crippen LogP contribution is -2.41. The number of hydrogen-bond acceptors (Lipinski definition) is 6. The van der Waals surface area contributed by atoms with Crippen LogP contribution < -0.4 is 0 Å². The third kappa shape index (κ3) is 4.23. The van der Waals surface area contributed by atoms with E-state index in [4.69, 9.17) is 9.15 Å². The molecule has 0 saturated carbocycles. The highest BCUT2D eigenvalue weighted by Gasteiger charge is 2.33. The Morgan fingerprint density at radius 1 is 1.03 bits per heavy atom. The van der Waals surface area contributed by atoms with E-state index >= 15 is 0 Å². The van der Waals surface area contributed by atoms with Crippen molar-refractivity contribution < 1.29 is 18.7 Å². The molecule has 1 aromatic carbocycles. The minimum atomic E-state index is -0.243. The molecule has 1 atom stereocenters. The molecule has 3 aromatic rings. The summed E-state index contributed by atoms with van der Waals surface area (Å²) in [5.41, 5.74) is 2.96. The second-order valence-electron chi connectivity index (χ2n) is 8.79. The van der Waals surface area contributed by atoms with Crippen LogP contribution in [0.4, 0.5) is 0 Å². The van der Waals surface area contributed by atoms with Crippen LogP contribution in [-0.4, -0.2) is 64.4 Å². The molecule has 2 saturated heterocycles. The highest BCUT2D eigenvalue weighted by molar-refractivity contribution is 5.96. The first-order chi connectivity index (χ1) is 16.0. The Bertz CT molecular complexity index is 1200. The number of likely N-dealkylation sites (tertiary alicyclic amines) is 1. The van der Waals surface area contributed by atoms with Gasteiger partial charge < -0.3 is 19.0 Å². The molecule has 8 nitrogen and oxygen atoms in total. The topological polar surface area (TPSA) is 88.8 Å². The molecule has 2 amide bonds. The van der Waals surface area contributed by atoms with Crippen molar-refractivity contribution in [2.45, 2.75) is 39.2 Å². The highest BCUT2D eigenvalue weighted by Crippen LogP contribution is 2.32. The van der Waals surface area contributed by atoms with Gasteiger partial charge in [-0.2, -0.15) is 0 Å². The maximum absolute atomic E-state index is 13.4.